The number of aryl methyl sites for hydroxylation is 1. The van der Waals surface area contributed by atoms with Gasteiger partial charge in [0.2, 0.25) is 0 Å². The summed E-state index contributed by atoms with van der Waals surface area (Å²) in [5.41, 5.74) is 9.22. The van der Waals surface area contributed by atoms with Crippen molar-refractivity contribution in [1.82, 2.24) is 5.32 Å². The summed E-state index contributed by atoms with van der Waals surface area (Å²) >= 11 is 1.33. The van der Waals surface area contributed by atoms with E-state index in [4.69, 9.17) is 10.5 Å². The van der Waals surface area contributed by atoms with Crippen LogP contribution in [0.1, 0.15) is 40.4 Å². The molecule has 1 heterocycles. The molecule has 0 amide bonds. The Morgan fingerprint density at radius 3 is 2.47 bits per heavy atom. The number of thiophene rings is 1. The second-order valence-corrected chi connectivity index (χ2v) is 9.36. The first-order valence-electron chi connectivity index (χ1n) is 11.7. The zero-order chi connectivity index (χ0) is 26.1. The number of ketones is 1. The molecule has 4 N–H and O–H groups in total. The SMILES string of the molecule is CCc1cccc(CNC[C@@H](OC(=O)C(O)CC(=O)c2ccsc2)[C@@H](N)Cc2cc(F)cc(F)c2)c1. The van der Waals surface area contributed by atoms with E-state index in [1.54, 1.807) is 16.8 Å². The molecule has 0 bridgehead atoms. The van der Waals surface area contributed by atoms with Crippen molar-refractivity contribution in [2.75, 3.05) is 6.54 Å². The average Bonchev–Trinajstić information content (AvgIpc) is 3.38. The number of nitrogens with two attached hydrogens (primary N) is 1. The molecule has 0 spiro atoms. The van der Waals surface area contributed by atoms with Gasteiger partial charge in [-0.15, -0.1) is 0 Å². The molecule has 2 aromatic carbocycles. The average molecular weight is 517 g/mol. The Hall–Kier alpha value is -2.98. The minimum absolute atomic E-state index is 0.0313. The van der Waals surface area contributed by atoms with Gasteiger partial charge in [-0.3, -0.25) is 4.79 Å². The summed E-state index contributed by atoms with van der Waals surface area (Å²) in [6, 6.07) is 11.9. The van der Waals surface area contributed by atoms with Gasteiger partial charge in [0.1, 0.15) is 17.7 Å². The number of benzene rings is 2. The number of Topliss-reactive ketones (excluding diaryl/α,β-unsaturated/α-hetero) is 1. The second kappa shape index (κ2) is 13.4. The standard InChI is InChI=1S/C27H30F2N2O4S/c1-2-17-4-3-5-18(8-17)14-31-15-26(23(30)11-19-9-21(28)12-22(29)10-19)35-27(34)25(33)13-24(32)20-6-7-36-16-20/h3-10,12,16,23,25-26,31,33H,2,11,13-15,30H2,1H3/t23-,25?,26+/m0/s1. The van der Waals surface area contributed by atoms with Crippen LogP contribution in [0.15, 0.2) is 59.3 Å². The predicted octanol–water partition coefficient (Wildman–Crippen LogP) is 3.79. The van der Waals surface area contributed by atoms with Crippen molar-refractivity contribution in [3.8, 4) is 0 Å². The van der Waals surface area contributed by atoms with Crippen LogP contribution in [0.5, 0.6) is 0 Å². The van der Waals surface area contributed by atoms with E-state index in [9.17, 15) is 23.5 Å². The molecule has 9 heteroatoms. The first-order chi connectivity index (χ1) is 17.2. The molecule has 0 radical (unpaired) electrons. The van der Waals surface area contributed by atoms with Crippen LogP contribution in [0.4, 0.5) is 8.78 Å². The van der Waals surface area contributed by atoms with Gasteiger partial charge in [0.05, 0.1) is 0 Å². The Kier molecular flexibility index (Phi) is 10.2. The molecule has 36 heavy (non-hydrogen) atoms. The third-order valence-electron chi connectivity index (χ3n) is 5.71. The van der Waals surface area contributed by atoms with Gasteiger partial charge in [0.25, 0.3) is 0 Å². The minimum atomic E-state index is -1.67. The number of esters is 1. The van der Waals surface area contributed by atoms with Gasteiger partial charge in [0.15, 0.2) is 11.9 Å². The fourth-order valence-electron chi connectivity index (χ4n) is 3.76. The van der Waals surface area contributed by atoms with Crippen molar-refractivity contribution < 1.29 is 28.2 Å². The van der Waals surface area contributed by atoms with E-state index in [0.29, 0.717) is 17.7 Å². The fourth-order valence-corrected chi connectivity index (χ4v) is 4.42. The van der Waals surface area contributed by atoms with E-state index >= 15 is 0 Å². The number of rotatable bonds is 13. The van der Waals surface area contributed by atoms with Crippen molar-refractivity contribution in [2.45, 2.75) is 51.0 Å². The molecule has 1 aromatic heterocycles. The van der Waals surface area contributed by atoms with Gasteiger partial charge in [-0.2, -0.15) is 11.3 Å². The van der Waals surface area contributed by atoms with Gasteiger partial charge >= 0.3 is 5.97 Å². The quantitative estimate of drug-likeness (QED) is 0.236. The number of hydrogen-bond acceptors (Lipinski definition) is 7. The van der Waals surface area contributed by atoms with E-state index < -0.39 is 42.3 Å². The number of nitrogens with one attached hydrogen (secondary N) is 1. The molecule has 3 rings (SSSR count). The highest BCUT2D eigenvalue weighted by Gasteiger charge is 2.28. The predicted molar refractivity (Wildman–Crippen MR) is 135 cm³/mol. The highest BCUT2D eigenvalue weighted by Crippen LogP contribution is 2.15. The maximum atomic E-state index is 13.6. The Morgan fingerprint density at radius 1 is 1.08 bits per heavy atom. The summed E-state index contributed by atoms with van der Waals surface area (Å²) in [5.74, 6) is -2.84. The number of aliphatic hydroxyl groups is 1. The lowest BCUT2D eigenvalue weighted by Crippen LogP contribution is -2.47. The molecule has 0 fully saturated rings. The van der Waals surface area contributed by atoms with Gasteiger partial charge in [-0.1, -0.05) is 31.2 Å². The lowest BCUT2D eigenvalue weighted by atomic mass is 10.0. The van der Waals surface area contributed by atoms with E-state index in [1.165, 1.54) is 29.0 Å². The first kappa shape index (κ1) is 27.6. The molecule has 6 nitrogen and oxygen atoms in total. The Morgan fingerprint density at radius 2 is 1.81 bits per heavy atom. The third-order valence-corrected chi connectivity index (χ3v) is 6.39. The van der Waals surface area contributed by atoms with E-state index in [1.807, 2.05) is 18.2 Å². The van der Waals surface area contributed by atoms with Crippen LogP contribution >= 0.6 is 11.3 Å². The van der Waals surface area contributed by atoms with Crippen molar-refractivity contribution in [3.63, 3.8) is 0 Å². The molecule has 192 valence electrons. The number of ether oxygens (including phenoxy) is 1. The summed E-state index contributed by atoms with van der Waals surface area (Å²) in [6.07, 6.45) is -2.09. The van der Waals surface area contributed by atoms with Crippen LogP contribution in [0, 0.1) is 11.6 Å². The summed E-state index contributed by atoms with van der Waals surface area (Å²) in [7, 11) is 0. The summed E-state index contributed by atoms with van der Waals surface area (Å²) in [5, 5.41) is 16.8. The molecular weight excluding hydrogens is 486 g/mol. The van der Waals surface area contributed by atoms with Gasteiger partial charge in [-0.25, -0.2) is 13.6 Å². The fraction of sp³-hybridized carbons (Fsp3) is 0.333. The lowest BCUT2D eigenvalue weighted by molar-refractivity contribution is -0.159. The molecule has 0 aliphatic carbocycles. The molecule has 1 unspecified atom stereocenters. The Bertz CT molecular complexity index is 1140. The molecule has 3 atom stereocenters. The Labute approximate surface area is 213 Å². The lowest BCUT2D eigenvalue weighted by Gasteiger charge is -2.26. The maximum Gasteiger partial charge on any atom is 0.335 e. The zero-order valence-electron chi connectivity index (χ0n) is 20.0. The molecule has 0 saturated heterocycles. The highest BCUT2D eigenvalue weighted by atomic mass is 32.1. The molecule has 3 aromatic rings. The number of hydrogen-bond donors (Lipinski definition) is 3. The summed E-state index contributed by atoms with van der Waals surface area (Å²) in [4.78, 5) is 24.9. The topological polar surface area (TPSA) is 102 Å². The minimum Gasteiger partial charge on any atom is -0.457 e. The van der Waals surface area contributed by atoms with E-state index in [0.717, 1.165) is 18.1 Å². The number of halogens is 2. The second-order valence-electron chi connectivity index (χ2n) is 8.58. The van der Waals surface area contributed by atoms with Gasteiger partial charge < -0.3 is 20.9 Å². The summed E-state index contributed by atoms with van der Waals surface area (Å²) in [6.45, 7) is 2.67. The van der Waals surface area contributed by atoms with Crippen LogP contribution in [0.3, 0.4) is 0 Å². The molecular formula is C27H30F2N2O4S. The van der Waals surface area contributed by atoms with Crippen LogP contribution < -0.4 is 11.1 Å². The monoisotopic (exact) mass is 516 g/mol. The zero-order valence-corrected chi connectivity index (χ0v) is 20.8. The number of carbonyl (C=O) groups is 2. The van der Waals surface area contributed by atoms with Crippen molar-refractivity contribution in [2.24, 2.45) is 5.73 Å². The third kappa shape index (κ3) is 8.30. The van der Waals surface area contributed by atoms with E-state index in [2.05, 4.69) is 18.3 Å². The first-order valence-corrected chi connectivity index (χ1v) is 12.6. The van der Waals surface area contributed by atoms with Crippen LogP contribution in [0.2, 0.25) is 0 Å². The van der Waals surface area contributed by atoms with Gasteiger partial charge in [-0.05, 0) is 53.1 Å². The van der Waals surface area contributed by atoms with Crippen molar-refractivity contribution >= 4 is 23.1 Å². The largest absolute Gasteiger partial charge is 0.457 e. The Balaban J connectivity index is 1.66. The summed E-state index contributed by atoms with van der Waals surface area (Å²) < 4.78 is 32.8. The molecule has 0 aliphatic rings. The highest BCUT2D eigenvalue weighted by molar-refractivity contribution is 7.08. The normalized spacial score (nSPS) is 13.7. The number of aliphatic hydroxyl groups excluding tert-OH is 1. The van der Waals surface area contributed by atoms with Crippen LogP contribution in [-0.2, 0) is 28.9 Å². The maximum absolute atomic E-state index is 13.6. The number of carbonyl (C=O) groups excluding carboxylic acids is 2. The van der Waals surface area contributed by atoms with Crippen molar-refractivity contribution in [1.29, 1.82) is 0 Å². The van der Waals surface area contributed by atoms with Crippen LogP contribution in [0.25, 0.3) is 0 Å². The molecule has 0 saturated carbocycles. The van der Waals surface area contributed by atoms with Crippen LogP contribution in [-0.4, -0.2) is 41.7 Å². The van der Waals surface area contributed by atoms with Crippen molar-refractivity contribution in [3.05, 3.63) is 93.2 Å². The van der Waals surface area contributed by atoms with E-state index in [-0.39, 0.29) is 18.7 Å². The van der Waals surface area contributed by atoms with Gasteiger partial charge in [0, 0.05) is 42.6 Å². The molecule has 0 aliphatic heterocycles. The smallest absolute Gasteiger partial charge is 0.335 e.